The molecule has 0 aromatic heterocycles. The van der Waals surface area contributed by atoms with Gasteiger partial charge in [-0.25, -0.2) is 9.59 Å². The van der Waals surface area contributed by atoms with Crippen LogP contribution in [0.3, 0.4) is 0 Å². The maximum absolute atomic E-state index is 11.7. The zero-order valence-corrected chi connectivity index (χ0v) is 10.9. The summed E-state index contributed by atoms with van der Waals surface area (Å²) in [4.78, 5) is 22.5. The number of aryl methyl sites for hydroxylation is 2. The monoisotopic (exact) mass is 266 g/mol. The molecule has 0 spiro atoms. The predicted molar refractivity (Wildman–Crippen MR) is 71.2 cm³/mol. The van der Waals surface area contributed by atoms with E-state index >= 15 is 0 Å². The minimum atomic E-state index is -1.18. The average molecular weight is 266 g/mol. The van der Waals surface area contributed by atoms with E-state index in [1.807, 2.05) is 26.0 Å². The molecule has 2 amide bonds. The fourth-order valence-electron chi connectivity index (χ4n) is 1.57. The maximum atomic E-state index is 11.7. The lowest BCUT2D eigenvalue weighted by Crippen LogP contribution is -2.43. The fourth-order valence-corrected chi connectivity index (χ4v) is 1.57. The summed E-state index contributed by atoms with van der Waals surface area (Å²) in [7, 11) is 0. The van der Waals surface area contributed by atoms with E-state index in [-0.39, 0.29) is 13.0 Å². The van der Waals surface area contributed by atoms with Crippen molar-refractivity contribution >= 4 is 17.7 Å². The molecule has 0 aliphatic carbocycles. The van der Waals surface area contributed by atoms with E-state index in [0.717, 1.165) is 11.1 Å². The second-order valence-electron chi connectivity index (χ2n) is 4.32. The van der Waals surface area contributed by atoms with Gasteiger partial charge in [0, 0.05) is 18.7 Å². The maximum Gasteiger partial charge on any atom is 0.326 e. The summed E-state index contributed by atoms with van der Waals surface area (Å²) in [6, 6.07) is 3.89. The lowest BCUT2D eigenvalue weighted by atomic mass is 10.1. The Morgan fingerprint density at radius 3 is 2.58 bits per heavy atom. The molecule has 0 unspecified atom stereocenters. The number of hydrogen-bond acceptors (Lipinski definition) is 3. The summed E-state index contributed by atoms with van der Waals surface area (Å²) >= 11 is 0. The molecule has 0 bridgehead atoms. The number of benzene rings is 1. The van der Waals surface area contributed by atoms with E-state index in [0.29, 0.717) is 5.69 Å². The van der Waals surface area contributed by atoms with Crippen molar-refractivity contribution < 1.29 is 19.8 Å². The van der Waals surface area contributed by atoms with Gasteiger partial charge in [-0.05, 0) is 31.0 Å². The van der Waals surface area contributed by atoms with Crippen LogP contribution >= 0.6 is 0 Å². The van der Waals surface area contributed by atoms with Gasteiger partial charge >= 0.3 is 12.0 Å². The van der Waals surface area contributed by atoms with Crippen LogP contribution in [0.25, 0.3) is 0 Å². The van der Waals surface area contributed by atoms with Crippen molar-refractivity contribution in [3.8, 4) is 0 Å². The van der Waals surface area contributed by atoms with Crippen molar-refractivity contribution in [1.29, 1.82) is 0 Å². The van der Waals surface area contributed by atoms with Gasteiger partial charge in [-0.2, -0.15) is 0 Å². The summed E-state index contributed by atoms with van der Waals surface area (Å²) in [5, 5.41) is 22.5. The Morgan fingerprint density at radius 2 is 2.00 bits per heavy atom. The average Bonchev–Trinajstić information content (AvgIpc) is 2.33. The van der Waals surface area contributed by atoms with Gasteiger partial charge in [0.15, 0.2) is 0 Å². The number of aliphatic carboxylic acids is 1. The first kappa shape index (κ1) is 15.0. The molecular weight excluding hydrogens is 248 g/mol. The third kappa shape index (κ3) is 4.59. The molecule has 104 valence electrons. The van der Waals surface area contributed by atoms with Crippen LogP contribution in [0.1, 0.15) is 17.5 Å². The first-order chi connectivity index (χ1) is 8.93. The normalized spacial score (nSPS) is 11.7. The number of urea groups is 1. The zero-order chi connectivity index (χ0) is 14.4. The van der Waals surface area contributed by atoms with Crippen LogP contribution in [0.4, 0.5) is 10.5 Å². The topological polar surface area (TPSA) is 98.7 Å². The van der Waals surface area contributed by atoms with E-state index in [2.05, 4.69) is 10.6 Å². The molecule has 6 heteroatoms. The van der Waals surface area contributed by atoms with Crippen LogP contribution in [0.2, 0.25) is 0 Å². The number of anilines is 1. The summed E-state index contributed by atoms with van der Waals surface area (Å²) in [5.74, 6) is -1.18. The van der Waals surface area contributed by atoms with Crippen LogP contribution < -0.4 is 10.6 Å². The van der Waals surface area contributed by atoms with Gasteiger partial charge in [-0.15, -0.1) is 0 Å². The van der Waals surface area contributed by atoms with Gasteiger partial charge in [0.2, 0.25) is 0 Å². The number of aliphatic hydroxyl groups is 1. The summed E-state index contributed by atoms with van der Waals surface area (Å²) in [6.45, 7) is 3.44. The minimum Gasteiger partial charge on any atom is -0.480 e. The molecule has 4 N–H and O–H groups in total. The quantitative estimate of drug-likeness (QED) is 0.644. The highest BCUT2D eigenvalue weighted by Crippen LogP contribution is 2.16. The van der Waals surface area contributed by atoms with Crippen LogP contribution in [-0.4, -0.2) is 34.9 Å². The van der Waals surface area contributed by atoms with Crippen LogP contribution in [-0.2, 0) is 4.79 Å². The van der Waals surface area contributed by atoms with Gasteiger partial charge < -0.3 is 20.8 Å². The molecule has 1 aromatic rings. The molecule has 0 saturated carbocycles. The van der Waals surface area contributed by atoms with Crippen molar-refractivity contribution in [2.45, 2.75) is 26.3 Å². The zero-order valence-electron chi connectivity index (χ0n) is 10.9. The Kier molecular flexibility index (Phi) is 5.32. The molecule has 0 heterocycles. The van der Waals surface area contributed by atoms with E-state index in [4.69, 9.17) is 10.2 Å². The van der Waals surface area contributed by atoms with Gasteiger partial charge in [-0.1, -0.05) is 12.1 Å². The molecule has 19 heavy (non-hydrogen) atoms. The molecule has 0 saturated heterocycles. The van der Waals surface area contributed by atoms with Crippen LogP contribution in [0.5, 0.6) is 0 Å². The number of rotatable bonds is 5. The van der Waals surface area contributed by atoms with Gasteiger partial charge in [-0.3, -0.25) is 0 Å². The number of carboxylic acids is 1. The molecule has 0 aliphatic heterocycles. The first-order valence-electron chi connectivity index (χ1n) is 5.92. The van der Waals surface area contributed by atoms with Crippen molar-refractivity contribution in [3.63, 3.8) is 0 Å². The predicted octanol–water partition coefficient (Wildman–Crippen LogP) is 1.26. The van der Waals surface area contributed by atoms with E-state index in [1.165, 1.54) is 0 Å². The third-order valence-electron chi connectivity index (χ3n) is 2.66. The van der Waals surface area contributed by atoms with Crippen molar-refractivity contribution in [2.24, 2.45) is 0 Å². The number of amides is 2. The van der Waals surface area contributed by atoms with Crippen LogP contribution in [0.15, 0.2) is 18.2 Å². The molecule has 0 fully saturated rings. The molecule has 0 aliphatic rings. The van der Waals surface area contributed by atoms with E-state index in [9.17, 15) is 9.59 Å². The highest BCUT2D eigenvalue weighted by Gasteiger charge is 2.19. The van der Waals surface area contributed by atoms with Crippen molar-refractivity contribution in [2.75, 3.05) is 11.9 Å². The molecular formula is C13H18N2O4. The highest BCUT2D eigenvalue weighted by atomic mass is 16.4. The van der Waals surface area contributed by atoms with Gasteiger partial charge in [0.05, 0.1) is 0 Å². The van der Waals surface area contributed by atoms with Gasteiger partial charge in [0.1, 0.15) is 6.04 Å². The minimum absolute atomic E-state index is 0.0322. The highest BCUT2D eigenvalue weighted by molar-refractivity contribution is 5.92. The summed E-state index contributed by atoms with van der Waals surface area (Å²) in [5.41, 5.74) is 2.51. The number of hydrogen-bond donors (Lipinski definition) is 4. The van der Waals surface area contributed by atoms with Crippen molar-refractivity contribution in [1.82, 2.24) is 5.32 Å². The Hall–Kier alpha value is -2.08. The van der Waals surface area contributed by atoms with E-state index < -0.39 is 18.0 Å². The lowest BCUT2D eigenvalue weighted by molar-refractivity contribution is -0.139. The summed E-state index contributed by atoms with van der Waals surface area (Å²) in [6.07, 6.45) is -0.0322. The van der Waals surface area contributed by atoms with Crippen molar-refractivity contribution in [3.05, 3.63) is 29.3 Å². The molecule has 1 atom stereocenters. The second-order valence-corrected chi connectivity index (χ2v) is 4.32. The fraction of sp³-hybridized carbons (Fsp3) is 0.385. The Balaban J connectivity index is 2.68. The largest absolute Gasteiger partial charge is 0.480 e. The third-order valence-corrected chi connectivity index (χ3v) is 2.66. The molecule has 6 nitrogen and oxygen atoms in total. The number of carbonyl (C=O) groups is 2. The number of nitrogens with one attached hydrogen (secondary N) is 2. The lowest BCUT2D eigenvalue weighted by Gasteiger charge is -2.15. The van der Waals surface area contributed by atoms with Gasteiger partial charge in [0.25, 0.3) is 0 Å². The molecule has 1 aromatic carbocycles. The van der Waals surface area contributed by atoms with Crippen LogP contribution in [0, 0.1) is 13.8 Å². The number of aliphatic hydroxyl groups excluding tert-OH is 1. The SMILES string of the molecule is Cc1ccc(C)c(NC(=O)N[C@@H](CCO)C(=O)O)c1. The number of carbonyl (C=O) groups excluding carboxylic acids is 1. The first-order valence-corrected chi connectivity index (χ1v) is 5.92. The second kappa shape index (κ2) is 6.75. The smallest absolute Gasteiger partial charge is 0.326 e. The molecule has 0 radical (unpaired) electrons. The Morgan fingerprint density at radius 1 is 1.32 bits per heavy atom. The molecule has 1 rings (SSSR count). The van der Waals surface area contributed by atoms with E-state index in [1.54, 1.807) is 6.07 Å². The summed E-state index contributed by atoms with van der Waals surface area (Å²) < 4.78 is 0. The Labute approximate surface area is 111 Å². The Bertz CT molecular complexity index is 474. The standard InChI is InChI=1S/C13H18N2O4/c1-8-3-4-9(2)11(7-8)15-13(19)14-10(5-6-16)12(17)18/h3-4,7,10,16H,5-6H2,1-2H3,(H,17,18)(H2,14,15,19)/t10-/m0/s1. The number of carboxylic acid groups (broad SMARTS) is 1.